The van der Waals surface area contributed by atoms with Gasteiger partial charge in [0.2, 0.25) is 5.91 Å². The zero-order valence-corrected chi connectivity index (χ0v) is 13.6. The van der Waals surface area contributed by atoms with Crippen molar-refractivity contribution >= 4 is 5.91 Å². The number of carbonyl (C=O) groups excluding carboxylic acids is 1. The Morgan fingerprint density at radius 3 is 2.95 bits per heavy atom. The van der Waals surface area contributed by atoms with Gasteiger partial charge < -0.3 is 9.64 Å². The van der Waals surface area contributed by atoms with Crippen LogP contribution in [0.4, 0.5) is 0 Å². The van der Waals surface area contributed by atoms with Crippen LogP contribution in [0.1, 0.15) is 49.7 Å². The van der Waals surface area contributed by atoms with Crippen LogP contribution in [0.2, 0.25) is 0 Å². The smallest absolute Gasteiger partial charge is 0.223 e. The van der Waals surface area contributed by atoms with Crippen molar-refractivity contribution in [3.8, 4) is 0 Å². The Balaban J connectivity index is 1.63. The summed E-state index contributed by atoms with van der Waals surface area (Å²) in [6, 6.07) is 8.66. The molecule has 120 valence electrons. The van der Waals surface area contributed by atoms with Gasteiger partial charge >= 0.3 is 0 Å². The van der Waals surface area contributed by atoms with Crippen molar-refractivity contribution in [3.63, 3.8) is 0 Å². The van der Waals surface area contributed by atoms with Crippen LogP contribution in [0.15, 0.2) is 24.3 Å². The predicted molar refractivity (Wildman–Crippen MR) is 87.9 cm³/mol. The molecule has 1 aliphatic heterocycles. The zero-order chi connectivity index (χ0) is 15.4. The molecule has 3 nitrogen and oxygen atoms in total. The lowest BCUT2D eigenvalue weighted by molar-refractivity contribution is -0.132. The molecule has 1 fully saturated rings. The first-order valence-corrected chi connectivity index (χ1v) is 8.71. The molecule has 1 saturated heterocycles. The fraction of sp³-hybridized carbons (Fsp3) is 0.632. The molecule has 0 spiro atoms. The number of benzene rings is 1. The molecule has 22 heavy (non-hydrogen) atoms. The van der Waals surface area contributed by atoms with Gasteiger partial charge in [0.15, 0.2) is 0 Å². The van der Waals surface area contributed by atoms with Crippen LogP contribution in [-0.4, -0.2) is 37.1 Å². The van der Waals surface area contributed by atoms with E-state index in [0.717, 1.165) is 45.6 Å². The Labute approximate surface area is 133 Å². The van der Waals surface area contributed by atoms with Crippen LogP contribution in [0.3, 0.4) is 0 Å². The van der Waals surface area contributed by atoms with Crippen LogP contribution in [0, 0.1) is 5.92 Å². The number of hydrogen-bond acceptors (Lipinski definition) is 2. The van der Waals surface area contributed by atoms with Crippen LogP contribution in [0.5, 0.6) is 0 Å². The van der Waals surface area contributed by atoms with E-state index < -0.39 is 0 Å². The summed E-state index contributed by atoms with van der Waals surface area (Å²) in [5, 5.41) is 0. The largest absolute Gasteiger partial charge is 0.381 e. The number of ether oxygens (including phenoxy) is 1. The van der Waals surface area contributed by atoms with Gasteiger partial charge in [-0.1, -0.05) is 24.3 Å². The lowest BCUT2D eigenvalue weighted by Gasteiger charge is -2.29. The van der Waals surface area contributed by atoms with E-state index in [0.29, 0.717) is 24.2 Å². The molecule has 0 saturated carbocycles. The van der Waals surface area contributed by atoms with E-state index in [1.165, 1.54) is 17.5 Å². The molecule has 2 aliphatic rings. The van der Waals surface area contributed by atoms with Crippen molar-refractivity contribution in [1.82, 2.24) is 4.90 Å². The minimum absolute atomic E-state index is 0.316. The molecule has 2 atom stereocenters. The van der Waals surface area contributed by atoms with E-state index in [9.17, 15) is 4.79 Å². The van der Waals surface area contributed by atoms with E-state index >= 15 is 0 Å². The maximum Gasteiger partial charge on any atom is 0.223 e. The predicted octanol–water partition coefficient (Wildman–Crippen LogP) is 3.38. The second kappa shape index (κ2) is 7.28. The summed E-state index contributed by atoms with van der Waals surface area (Å²) >= 11 is 0. The first-order valence-electron chi connectivity index (χ1n) is 8.71. The zero-order valence-electron chi connectivity index (χ0n) is 13.6. The standard InChI is InChI=1S/C19H27NO2/c1-2-20(13-15-10-11-22-14-15)19(21)12-17-8-5-7-16-6-3-4-9-18(16)17/h3-4,6,9,15,17H,2,5,7-8,10-14H2,1H3. The lowest BCUT2D eigenvalue weighted by atomic mass is 9.81. The number of rotatable bonds is 5. The van der Waals surface area contributed by atoms with E-state index in [2.05, 4.69) is 31.2 Å². The fourth-order valence-corrected chi connectivity index (χ4v) is 3.85. The Morgan fingerprint density at radius 2 is 2.18 bits per heavy atom. The molecular formula is C19H27NO2. The average Bonchev–Trinajstić information content (AvgIpc) is 3.06. The quantitative estimate of drug-likeness (QED) is 0.834. The number of nitrogens with zero attached hydrogens (tertiary/aromatic N) is 1. The van der Waals surface area contributed by atoms with Crippen molar-refractivity contribution in [2.24, 2.45) is 5.92 Å². The van der Waals surface area contributed by atoms with E-state index in [1.54, 1.807) is 0 Å². The summed E-state index contributed by atoms with van der Waals surface area (Å²) in [5.74, 6) is 1.25. The SMILES string of the molecule is CCN(CC1CCOC1)C(=O)CC1CCCc2ccccc21. The monoisotopic (exact) mass is 301 g/mol. The summed E-state index contributed by atoms with van der Waals surface area (Å²) in [5.41, 5.74) is 2.85. The molecule has 1 aromatic carbocycles. The number of carbonyl (C=O) groups is 1. The van der Waals surface area contributed by atoms with Gasteiger partial charge in [-0.3, -0.25) is 4.79 Å². The highest BCUT2D eigenvalue weighted by Crippen LogP contribution is 2.34. The summed E-state index contributed by atoms with van der Waals surface area (Å²) in [6.07, 6.45) is 5.27. The number of aryl methyl sites for hydroxylation is 1. The van der Waals surface area contributed by atoms with Gasteiger partial charge in [0.05, 0.1) is 6.61 Å². The highest BCUT2D eigenvalue weighted by Gasteiger charge is 2.26. The normalized spacial score (nSPS) is 24.0. The highest BCUT2D eigenvalue weighted by atomic mass is 16.5. The average molecular weight is 301 g/mol. The molecule has 3 heteroatoms. The summed E-state index contributed by atoms with van der Waals surface area (Å²) in [7, 11) is 0. The molecule has 0 bridgehead atoms. The van der Waals surface area contributed by atoms with Gasteiger partial charge in [-0.05, 0) is 49.7 Å². The van der Waals surface area contributed by atoms with Gasteiger partial charge in [0.1, 0.15) is 0 Å². The Morgan fingerprint density at radius 1 is 1.32 bits per heavy atom. The molecule has 1 heterocycles. The second-order valence-electron chi connectivity index (χ2n) is 6.65. The van der Waals surface area contributed by atoms with Gasteiger partial charge in [-0.15, -0.1) is 0 Å². The van der Waals surface area contributed by atoms with Crippen molar-refractivity contribution < 1.29 is 9.53 Å². The molecular weight excluding hydrogens is 274 g/mol. The number of amides is 1. The summed E-state index contributed by atoms with van der Waals surface area (Å²) in [4.78, 5) is 14.8. The van der Waals surface area contributed by atoms with Gasteiger partial charge in [0.25, 0.3) is 0 Å². The lowest BCUT2D eigenvalue weighted by Crippen LogP contribution is -2.36. The third-order valence-corrected chi connectivity index (χ3v) is 5.15. The summed E-state index contributed by atoms with van der Waals surface area (Å²) < 4.78 is 5.44. The molecule has 1 aliphatic carbocycles. The van der Waals surface area contributed by atoms with E-state index in [-0.39, 0.29) is 0 Å². The van der Waals surface area contributed by atoms with Crippen LogP contribution in [0.25, 0.3) is 0 Å². The topological polar surface area (TPSA) is 29.5 Å². The Hall–Kier alpha value is -1.35. The third-order valence-electron chi connectivity index (χ3n) is 5.15. The molecule has 0 radical (unpaired) electrons. The van der Waals surface area contributed by atoms with Crippen LogP contribution < -0.4 is 0 Å². The van der Waals surface area contributed by atoms with Crippen molar-refractivity contribution in [3.05, 3.63) is 35.4 Å². The molecule has 0 aromatic heterocycles. The van der Waals surface area contributed by atoms with Crippen molar-refractivity contribution in [1.29, 1.82) is 0 Å². The minimum Gasteiger partial charge on any atom is -0.381 e. The van der Waals surface area contributed by atoms with Crippen molar-refractivity contribution in [2.75, 3.05) is 26.3 Å². The molecule has 2 unspecified atom stereocenters. The highest BCUT2D eigenvalue weighted by molar-refractivity contribution is 5.77. The fourth-order valence-electron chi connectivity index (χ4n) is 3.85. The number of fused-ring (bicyclic) bond motifs is 1. The molecule has 1 amide bonds. The number of hydrogen-bond donors (Lipinski definition) is 0. The minimum atomic E-state index is 0.316. The Bertz CT molecular complexity index is 508. The van der Waals surface area contributed by atoms with Gasteiger partial charge in [-0.2, -0.15) is 0 Å². The second-order valence-corrected chi connectivity index (χ2v) is 6.65. The molecule has 3 rings (SSSR count). The first-order chi connectivity index (χ1) is 10.8. The van der Waals surface area contributed by atoms with Gasteiger partial charge in [0, 0.05) is 32.0 Å². The maximum atomic E-state index is 12.7. The molecule has 0 N–H and O–H groups in total. The first kappa shape index (κ1) is 15.5. The van der Waals surface area contributed by atoms with Gasteiger partial charge in [-0.25, -0.2) is 0 Å². The van der Waals surface area contributed by atoms with Crippen LogP contribution >= 0.6 is 0 Å². The van der Waals surface area contributed by atoms with E-state index in [4.69, 9.17) is 4.74 Å². The Kier molecular flexibility index (Phi) is 5.14. The van der Waals surface area contributed by atoms with Crippen molar-refractivity contribution in [2.45, 2.75) is 44.9 Å². The molecule has 1 aromatic rings. The van der Waals surface area contributed by atoms with Crippen LogP contribution in [-0.2, 0) is 16.0 Å². The summed E-state index contributed by atoms with van der Waals surface area (Å²) in [6.45, 7) is 5.43. The maximum absolute atomic E-state index is 12.7. The third kappa shape index (κ3) is 3.52. The van der Waals surface area contributed by atoms with E-state index in [1.807, 2.05) is 4.90 Å².